The molecule has 1 aliphatic carbocycles. The lowest BCUT2D eigenvalue weighted by molar-refractivity contribution is -0.304. The number of ether oxygens (including phenoxy) is 3. The fourth-order valence-electron chi connectivity index (χ4n) is 5.78. The van der Waals surface area contributed by atoms with Gasteiger partial charge in [0, 0.05) is 18.0 Å². The number of hydrogen-bond acceptors (Lipinski definition) is 6. The summed E-state index contributed by atoms with van der Waals surface area (Å²) in [7, 11) is 0. The molecule has 1 heterocycles. The fourth-order valence-corrected chi connectivity index (χ4v) is 5.78. The molecule has 4 unspecified atom stereocenters. The Hall–Kier alpha value is -1.87. The maximum atomic E-state index is 13.1. The molecule has 2 rings (SSSR count). The van der Waals surface area contributed by atoms with Gasteiger partial charge in [-0.2, -0.15) is 0 Å². The SMILES string of the molecule is CCCCCC(CCCCC(C)C)NC(=O)NC1CCCCCC1OC(=O)CCNC(=O)C1OC(C)(C)OCC1(C)C. The Morgan fingerprint density at radius 2 is 1.60 bits per heavy atom. The number of hydrogen-bond donors (Lipinski definition) is 3. The average Bonchev–Trinajstić information content (AvgIpc) is 3.12. The Labute approximate surface area is 255 Å². The number of amides is 3. The normalized spacial score (nSPS) is 24.3. The highest BCUT2D eigenvalue weighted by molar-refractivity contribution is 5.82. The van der Waals surface area contributed by atoms with E-state index in [1.54, 1.807) is 13.8 Å². The third-order valence-electron chi connectivity index (χ3n) is 8.40. The molecule has 4 atom stereocenters. The van der Waals surface area contributed by atoms with Gasteiger partial charge in [-0.25, -0.2) is 4.79 Å². The van der Waals surface area contributed by atoms with E-state index in [4.69, 9.17) is 14.2 Å². The van der Waals surface area contributed by atoms with Crippen molar-refractivity contribution in [2.45, 2.75) is 168 Å². The van der Waals surface area contributed by atoms with Crippen LogP contribution in [-0.4, -0.2) is 61.1 Å². The molecule has 1 saturated carbocycles. The van der Waals surface area contributed by atoms with Gasteiger partial charge in [0.2, 0.25) is 5.91 Å². The summed E-state index contributed by atoms with van der Waals surface area (Å²) in [6.45, 7) is 14.7. The van der Waals surface area contributed by atoms with Gasteiger partial charge in [0.15, 0.2) is 5.79 Å². The molecule has 0 radical (unpaired) electrons. The first-order chi connectivity index (χ1) is 19.8. The second-order valence-electron chi connectivity index (χ2n) is 14.0. The van der Waals surface area contributed by atoms with Crippen LogP contribution in [0.25, 0.3) is 0 Å². The molecule has 0 aromatic rings. The lowest BCUT2D eigenvalue weighted by Gasteiger charge is -2.44. The largest absolute Gasteiger partial charge is 0.460 e. The first-order valence-corrected chi connectivity index (χ1v) is 16.7. The van der Waals surface area contributed by atoms with Crippen molar-refractivity contribution in [1.29, 1.82) is 0 Å². The zero-order valence-corrected chi connectivity index (χ0v) is 27.6. The van der Waals surface area contributed by atoms with Crippen LogP contribution in [0.3, 0.4) is 0 Å². The molecule has 9 heteroatoms. The molecule has 1 aliphatic heterocycles. The van der Waals surface area contributed by atoms with E-state index in [1.807, 2.05) is 13.8 Å². The summed E-state index contributed by atoms with van der Waals surface area (Å²) >= 11 is 0. The molecule has 1 saturated heterocycles. The van der Waals surface area contributed by atoms with Crippen LogP contribution < -0.4 is 16.0 Å². The van der Waals surface area contributed by atoms with Gasteiger partial charge < -0.3 is 30.2 Å². The summed E-state index contributed by atoms with van der Waals surface area (Å²) in [6, 6.07) is -0.223. The summed E-state index contributed by atoms with van der Waals surface area (Å²) in [5, 5.41) is 9.23. The van der Waals surface area contributed by atoms with Gasteiger partial charge >= 0.3 is 12.0 Å². The molecular weight excluding hydrogens is 534 g/mol. The predicted molar refractivity (Wildman–Crippen MR) is 166 cm³/mol. The van der Waals surface area contributed by atoms with Crippen LogP contribution in [-0.2, 0) is 23.8 Å². The second-order valence-corrected chi connectivity index (χ2v) is 14.0. The van der Waals surface area contributed by atoms with Crippen LogP contribution in [0.4, 0.5) is 4.79 Å². The van der Waals surface area contributed by atoms with E-state index in [0.29, 0.717) is 12.5 Å². The summed E-state index contributed by atoms with van der Waals surface area (Å²) in [4.78, 5) is 38.8. The van der Waals surface area contributed by atoms with Crippen molar-refractivity contribution >= 4 is 17.9 Å². The minimum atomic E-state index is -0.840. The molecule has 42 heavy (non-hydrogen) atoms. The third-order valence-corrected chi connectivity index (χ3v) is 8.40. The van der Waals surface area contributed by atoms with E-state index < -0.39 is 17.3 Å². The monoisotopic (exact) mass is 595 g/mol. The predicted octanol–water partition coefficient (Wildman–Crippen LogP) is 6.38. The highest BCUT2D eigenvalue weighted by atomic mass is 16.7. The van der Waals surface area contributed by atoms with Crippen LogP contribution in [0.1, 0.15) is 138 Å². The van der Waals surface area contributed by atoms with Crippen LogP contribution >= 0.6 is 0 Å². The molecule has 0 aromatic carbocycles. The first kappa shape index (κ1) is 36.3. The van der Waals surface area contributed by atoms with E-state index in [1.165, 1.54) is 19.3 Å². The van der Waals surface area contributed by atoms with Gasteiger partial charge in [-0.1, -0.05) is 86.0 Å². The highest BCUT2D eigenvalue weighted by Crippen LogP contribution is 2.34. The van der Waals surface area contributed by atoms with Crippen molar-refractivity contribution in [2.24, 2.45) is 11.3 Å². The van der Waals surface area contributed by atoms with Crippen LogP contribution in [0.5, 0.6) is 0 Å². The second kappa shape index (κ2) is 18.1. The van der Waals surface area contributed by atoms with Gasteiger partial charge in [0.05, 0.1) is 19.1 Å². The quantitative estimate of drug-likeness (QED) is 0.108. The van der Waals surface area contributed by atoms with Crippen LogP contribution in [0.2, 0.25) is 0 Å². The minimum absolute atomic E-state index is 0.0596. The van der Waals surface area contributed by atoms with Crippen molar-refractivity contribution in [2.75, 3.05) is 13.2 Å². The molecule has 3 N–H and O–H groups in total. The van der Waals surface area contributed by atoms with Crippen molar-refractivity contribution in [1.82, 2.24) is 16.0 Å². The molecule has 2 aliphatic rings. The lowest BCUT2D eigenvalue weighted by Crippen LogP contribution is -2.56. The van der Waals surface area contributed by atoms with Gasteiger partial charge in [0.25, 0.3) is 0 Å². The maximum absolute atomic E-state index is 13.1. The molecule has 2 fully saturated rings. The number of nitrogens with one attached hydrogen (secondary N) is 3. The first-order valence-electron chi connectivity index (χ1n) is 16.7. The van der Waals surface area contributed by atoms with E-state index in [2.05, 4.69) is 36.7 Å². The zero-order valence-electron chi connectivity index (χ0n) is 27.6. The number of carbonyl (C=O) groups excluding carboxylic acids is 3. The van der Waals surface area contributed by atoms with Crippen molar-refractivity contribution < 1.29 is 28.6 Å². The van der Waals surface area contributed by atoms with E-state index in [9.17, 15) is 14.4 Å². The molecule has 244 valence electrons. The molecule has 0 spiro atoms. The smallest absolute Gasteiger partial charge is 0.315 e. The number of rotatable bonds is 16. The van der Waals surface area contributed by atoms with E-state index in [-0.39, 0.29) is 49.1 Å². The fraction of sp³-hybridized carbons (Fsp3) is 0.909. The number of esters is 1. The van der Waals surface area contributed by atoms with E-state index >= 15 is 0 Å². The summed E-state index contributed by atoms with van der Waals surface area (Å²) < 4.78 is 17.5. The Morgan fingerprint density at radius 3 is 2.29 bits per heavy atom. The summed E-state index contributed by atoms with van der Waals surface area (Å²) in [5.41, 5.74) is -0.483. The Morgan fingerprint density at radius 1 is 0.929 bits per heavy atom. The highest BCUT2D eigenvalue weighted by Gasteiger charge is 2.45. The zero-order chi connectivity index (χ0) is 31.2. The summed E-state index contributed by atoms with van der Waals surface area (Å²) in [5.74, 6) is -0.767. The van der Waals surface area contributed by atoms with Gasteiger partial charge in [-0.3, -0.25) is 9.59 Å². The number of urea groups is 1. The van der Waals surface area contributed by atoms with Crippen molar-refractivity contribution in [3.8, 4) is 0 Å². The molecule has 0 aromatic heterocycles. The Kier molecular flexibility index (Phi) is 15.6. The van der Waals surface area contributed by atoms with Gasteiger partial charge in [-0.15, -0.1) is 0 Å². The number of unbranched alkanes of at least 4 members (excludes halogenated alkanes) is 3. The standard InChI is InChI=1S/C33H61N3O6/c1-8-9-11-17-25(18-15-14-16-24(2)3)35-31(39)36-26-19-12-10-13-20-27(26)41-28(37)21-22-34-30(38)29-32(4,5)23-40-33(6,7)42-29/h24-27,29H,8-23H2,1-7H3,(H,34,38)(H2,35,36,39). The van der Waals surface area contributed by atoms with Crippen LogP contribution in [0, 0.1) is 11.3 Å². The average molecular weight is 596 g/mol. The molecular formula is C33H61N3O6. The third kappa shape index (κ3) is 13.6. The topological polar surface area (TPSA) is 115 Å². The Balaban J connectivity index is 1.86. The van der Waals surface area contributed by atoms with E-state index in [0.717, 1.165) is 64.2 Å². The minimum Gasteiger partial charge on any atom is -0.460 e. The van der Waals surface area contributed by atoms with Gasteiger partial charge in [0.1, 0.15) is 12.2 Å². The Bertz CT molecular complexity index is 831. The maximum Gasteiger partial charge on any atom is 0.315 e. The van der Waals surface area contributed by atoms with Crippen molar-refractivity contribution in [3.05, 3.63) is 0 Å². The molecule has 9 nitrogen and oxygen atoms in total. The van der Waals surface area contributed by atoms with Crippen molar-refractivity contribution in [3.63, 3.8) is 0 Å². The number of carbonyl (C=O) groups is 3. The van der Waals surface area contributed by atoms with Gasteiger partial charge in [-0.05, 0) is 51.9 Å². The summed E-state index contributed by atoms with van der Waals surface area (Å²) in [6.07, 6.45) is 12.5. The van der Waals surface area contributed by atoms with Crippen LogP contribution in [0.15, 0.2) is 0 Å². The molecule has 3 amide bonds. The molecule has 0 bridgehead atoms. The lowest BCUT2D eigenvalue weighted by atomic mass is 9.85.